The fraction of sp³-hybridized carbons (Fsp3) is 0.105. The first kappa shape index (κ1) is 17.6. The number of rotatable bonds is 5. The first-order valence-electron chi connectivity index (χ1n) is 8.17. The lowest BCUT2D eigenvalue weighted by Gasteiger charge is -2.06. The summed E-state index contributed by atoms with van der Waals surface area (Å²) in [7, 11) is 0. The van der Waals surface area contributed by atoms with Gasteiger partial charge in [0.05, 0.1) is 5.52 Å². The number of amides is 1. The van der Waals surface area contributed by atoms with E-state index in [0.717, 1.165) is 14.9 Å². The number of carbonyl (C=O) groups excluding carboxylic acids is 1. The molecule has 1 amide bonds. The number of nitrogens with one attached hydrogen (secondary N) is 1. The number of oxazole rings is 1. The minimum Gasteiger partial charge on any atom is -0.408 e. The summed E-state index contributed by atoms with van der Waals surface area (Å²) in [6.07, 6.45) is 0. The number of benzene rings is 2. The molecule has 27 heavy (non-hydrogen) atoms. The highest BCUT2D eigenvalue weighted by Gasteiger charge is 2.12. The molecule has 4 rings (SSSR count). The van der Waals surface area contributed by atoms with Crippen LogP contribution in [0, 0.1) is 6.92 Å². The van der Waals surface area contributed by atoms with Crippen molar-refractivity contribution in [2.75, 3.05) is 5.32 Å². The third-order valence-corrected chi connectivity index (χ3v) is 5.88. The average Bonchev–Trinajstić information content (AvgIpc) is 3.20. The molecule has 8 heteroatoms. The highest BCUT2D eigenvalue weighted by atomic mass is 32.2. The van der Waals surface area contributed by atoms with Crippen LogP contribution in [-0.2, 0) is 11.3 Å². The van der Waals surface area contributed by atoms with Gasteiger partial charge in [-0.15, -0.1) is 11.3 Å². The maximum Gasteiger partial charge on any atom is 0.420 e. The number of para-hydroxylation sites is 2. The summed E-state index contributed by atoms with van der Waals surface area (Å²) in [4.78, 5) is 29.7. The highest BCUT2D eigenvalue weighted by Crippen LogP contribution is 2.30. The van der Waals surface area contributed by atoms with E-state index < -0.39 is 5.76 Å². The summed E-state index contributed by atoms with van der Waals surface area (Å²) in [5.41, 5.74) is 2.74. The van der Waals surface area contributed by atoms with Gasteiger partial charge < -0.3 is 9.73 Å². The largest absolute Gasteiger partial charge is 0.420 e. The van der Waals surface area contributed by atoms with Crippen LogP contribution in [0.3, 0.4) is 0 Å². The summed E-state index contributed by atoms with van der Waals surface area (Å²) in [5.74, 6) is -0.837. The third kappa shape index (κ3) is 3.96. The lowest BCUT2D eigenvalue weighted by molar-refractivity contribution is -0.116. The molecule has 136 valence electrons. The topological polar surface area (TPSA) is 77.1 Å². The van der Waals surface area contributed by atoms with Crippen molar-refractivity contribution < 1.29 is 9.21 Å². The Bertz CT molecular complexity index is 1160. The predicted octanol–water partition coefficient (Wildman–Crippen LogP) is 4.15. The second-order valence-corrected chi connectivity index (χ2v) is 8.03. The normalized spacial score (nSPS) is 11.0. The second kappa shape index (κ2) is 7.42. The summed E-state index contributed by atoms with van der Waals surface area (Å²) in [6, 6.07) is 14.5. The third-order valence-electron chi connectivity index (χ3n) is 3.82. The Labute approximate surface area is 162 Å². The summed E-state index contributed by atoms with van der Waals surface area (Å²) >= 11 is 3.18. The number of nitrogens with zero attached hydrogens (tertiary/aromatic N) is 2. The first-order chi connectivity index (χ1) is 13.1. The molecule has 4 aromatic rings. The van der Waals surface area contributed by atoms with Gasteiger partial charge in [0.1, 0.15) is 6.54 Å². The molecule has 0 spiro atoms. The van der Waals surface area contributed by atoms with Gasteiger partial charge in [-0.25, -0.2) is 9.78 Å². The molecule has 0 aliphatic carbocycles. The molecule has 0 aliphatic rings. The number of anilines is 1. The Kier molecular flexibility index (Phi) is 4.83. The molecule has 1 N–H and O–H groups in total. The van der Waals surface area contributed by atoms with E-state index in [1.54, 1.807) is 47.4 Å². The van der Waals surface area contributed by atoms with Gasteiger partial charge in [-0.05, 0) is 43.3 Å². The van der Waals surface area contributed by atoms with Gasteiger partial charge in [0.15, 0.2) is 9.92 Å². The molecule has 0 atom stereocenters. The molecular formula is C19H15N3O3S2. The molecule has 2 aromatic carbocycles. The zero-order valence-corrected chi connectivity index (χ0v) is 16.0. The van der Waals surface area contributed by atoms with Crippen molar-refractivity contribution in [2.24, 2.45) is 0 Å². The average molecular weight is 397 g/mol. The van der Waals surface area contributed by atoms with Crippen molar-refractivity contribution in [1.29, 1.82) is 0 Å². The molecule has 0 saturated carbocycles. The lowest BCUT2D eigenvalue weighted by Crippen LogP contribution is -2.24. The Morgan fingerprint density at radius 2 is 2.00 bits per heavy atom. The predicted molar refractivity (Wildman–Crippen MR) is 107 cm³/mol. The summed E-state index contributed by atoms with van der Waals surface area (Å²) in [6.45, 7) is 1.86. The number of thiazole rings is 1. The first-order valence-corrected chi connectivity index (χ1v) is 9.86. The molecule has 0 unspecified atom stereocenters. The lowest BCUT2D eigenvalue weighted by atomic mass is 10.3. The summed E-state index contributed by atoms with van der Waals surface area (Å²) < 4.78 is 7.44. The van der Waals surface area contributed by atoms with E-state index in [-0.39, 0.29) is 12.5 Å². The van der Waals surface area contributed by atoms with Gasteiger partial charge in [0.25, 0.3) is 0 Å². The van der Waals surface area contributed by atoms with Crippen molar-refractivity contribution in [3.63, 3.8) is 0 Å². The smallest absolute Gasteiger partial charge is 0.408 e. The Morgan fingerprint density at radius 3 is 2.74 bits per heavy atom. The molecule has 2 heterocycles. The van der Waals surface area contributed by atoms with Crippen LogP contribution in [0.4, 0.5) is 5.69 Å². The highest BCUT2D eigenvalue weighted by molar-refractivity contribution is 8.01. The van der Waals surface area contributed by atoms with Crippen LogP contribution >= 0.6 is 23.1 Å². The van der Waals surface area contributed by atoms with Crippen LogP contribution in [-0.4, -0.2) is 15.5 Å². The van der Waals surface area contributed by atoms with Crippen LogP contribution in [0.15, 0.2) is 72.4 Å². The van der Waals surface area contributed by atoms with E-state index >= 15 is 0 Å². The van der Waals surface area contributed by atoms with Gasteiger partial charge in [0.2, 0.25) is 5.91 Å². The maximum atomic E-state index is 12.3. The van der Waals surface area contributed by atoms with E-state index in [1.807, 2.05) is 36.6 Å². The second-order valence-electron chi connectivity index (χ2n) is 5.85. The Balaban J connectivity index is 1.43. The molecule has 0 saturated heterocycles. The molecule has 2 aromatic heterocycles. The van der Waals surface area contributed by atoms with Crippen LogP contribution < -0.4 is 11.1 Å². The van der Waals surface area contributed by atoms with E-state index in [4.69, 9.17) is 4.42 Å². The number of fused-ring (bicyclic) bond motifs is 1. The van der Waals surface area contributed by atoms with E-state index in [0.29, 0.717) is 16.8 Å². The van der Waals surface area contributed by atoms with Crippen molar-refractivity contribution in [3.05, 3.63) is 70.2 Å². The number of carbonyl (C=O) groups is 1. The van der Waals surface area contributed by atoms with Crippen molar-refractivity contribution in [3.8, 4) is 0 Å². The molecule has 0 bridgehead atoms. The van der Waals surface area contributed by atoms with Crippen molar-refractivity contribution in [1.82, 2.24) is 9.55 Å². The fourth-order valence-electron chi connectivity index (χ4n) is 2.59. The molecule has 0 aliphatic heterocycles. The summed E-state index contributed by atoms with van der Waals surface area (Å²) in [5, 5.41) is 4.82. The number of hydrogen-bond acceptors (Lipinski definition) is 6. The SMILES string of the molecule is Cc1csc(Sc2ccc(NC(=O)Cn3c(=O)oc4ccccc43)cc2)n1. The molecule has 0 fully saturated rings. The fourth-order valence-corrected chi connectivity index (χ4v) is 4.40. The van der Waals surface area contributed by atoms with Gasteiger partial charge >= 0.3 is 5.76 Å². The van der Waals surface area contributed by atoms with Crippen LogP contribution in [0.25, 0.3) is 11.1 Å². The molecule has 0 radical (unpaired) electrons. The Hall–Kier alpha value is -2.84. The zero-order valence-electron chi connectivity index (χ0n) is 14.3. The van der Waals surface area contributed by atoms with Gasteiger partial charge in [-0.2, -0.15) is 0 Å². The van der Waals surface area contributed by atoms with Gasteiger partial charge in [-0.1, -0.05) is 23.9 Å². The zero-order chi connectivity index (χ0) is 18.8. The van der Waals surface area contributed by atoms with Crippen molar-refractivity contribution in [2.45, 2.75) is 22.7 Å². The number of aromatic nitrogens is 2. The Morgan fingerprint density at radius 1 is 1.22 bits per heavy atom. The van der Waals surface area contributed by atoms with Gasteiger partial charge in [0, 0.05) is 21.7 Å². The molecular weight excluding hydrogens is 382 g/mol. The van der Waals surface area contributed by atoms with Gasteiger partial charge in [-0.3, -0.25) is 9.36 Å². The maximum absolute atomic E-state index is 12.3. The minimum atomic E-state index is -0.545. The van der Waals surface area contributed by atoms with E-state index in [1.165, 1.54) is 4.57 Å². The van der Waals surface area contributed by atoms with E-state index in [9.17, 15) is 9.59 Å². The number of hydrogen-bond donors (Lipinski definition) is 1. The number of aryl methyl sites for hydroxylation is 1. The monoisotopic (exact) mass is 397 g/mol. The molecule has 6 nitrogen and oxygen atoms in total. The van der Waals surface area contributed by atoms with Crippen LogP contribution in [0.5, 0.6) is 0 Å². The van der Waals surface area contributed by atoms with Crippen molar-refractivity contribution >= 4 is 45.8 Å². The minimum absolute atomic E-state index is 0.106. The van der Waals surface area contributed by atoms with E-state index in [2.05, 4.69) is 10.3 Å². The van der Waals surface area contributed by atoms with Crippen LogP contribution in [0.1, 0.15) is 5.69 Å². The van der Waals surface area contributed by atoms with Crippen LogP contribution in [0.2, 0.25) is 0 Å². The quantitative estimate of drug-likeness (QED) is 0.547. The standard InChI is InChI=1S/C19H15N3O3S2/c1-12-11-26-18(20-12)27-14-8-6-13(7-9-14)21-17(23)10-22-15-4-2-3-5-16(15)25-19(22)24/h2-9,11H,10H2,1H3,(H,21,23).